The first-order valence-electron chi connectivity index (χ1n) is 6.68. The normalized spacial score (nSPS) is 24.6. The summed E-state index contributed by atoms with van der Waals surface area (Å²) in [5, 5.41) is 0. The van der Waals surface area contributed by atoms with Crippen molar-refractivity contribution < 1.29 is 13.2 Å². The fourth-order valence-corrected chi connectivity index (χ4v) is 5.17. The molecule has 1 aromatic rings. The van der Waals surface area contributed by atoms with E-state index in [-0.39, 0.29) is 4.90 Å². The Hall–Kier alpha value is -0.590. The molecule has 1 aromatic carbocycles. The standard InChI is InChI=1S/C14H20BrNO3S/c1-10-6-11(2)9-16(8-10)20(17,18)14-7-12(15)4-5-13(14)19-3/h4-5,7,10-11H,6,8-9H2,1-3H3/t10-,11-/m1/s1. The summed E-state index contributed by atoms with van der Waals surface area (Å²) in [6.07, 6.45) is 1.07. The van der Waals surface area contributed by atoms with Crippen LogP contribution in [0.15, 0.2) is 27.6 Å². The summed E-state index contributed by atoms with van der Waals surface area (Å²) in [4.78, 5) is 0.232. The molecule has 0 spiro atoms. The van der Waals surface area contributed by atoms with Crippen molar-refractivity contribution in [2.45, 2.75) is 25.2 Å². The van der Waals surface area contributed by atoms with Crippen molar-refractivity contribution in [1.29, 1.82) is 0 Å². The highest BCUT2D eigenvalue weighted by Gasteiger charge is 2.33. The number of hydrogen-bond acceptors (Lipinski definition) is 3. The first-order chi connectivity index (χ1) is 9.34. The van der Waals surface area contributed by atoms with Gasteiger partial charge in [0.05, 0.1) is 7.11 Å². The lowest BCUT2D eigenvalue weighted by molar-refractivity contribution is 0.222. The van der Waals surface area contributed by atoms with Gasteiger partial charge in [0.15, 0.2) is 0 Å². The summed E-state index contributed by atoms with van der Waals surface area (Å²) >= 11 is 3.33. The van der Waals surface area contributed by atoms with Crippen LogP contribution in [-0.4, -0.2) is 32.9 Å². The maximum Gasteiger partial charge on any atom is 0.246 e. The fraction of sp³-hybridized carbons (Fsp3) is 0.571. The maximum atomic E-state index is 12.8. The Balaban J connectivity index is 2.42. The Morgan fingerprint density at radius 1 is 1.25 bits per heavy atom. The molecule has 112 valence electrons. The van der Waals surface area contributed by atoms with Crippen molar-refractivity contribution in [1.82, 2.24) is 4.31 Å². The number of ether oxygens (including phenoxy) is 1. The molecule has 0 aliphatic carbocycles. The average Bonchev–Trinajstić information content (AvgIpc) is 2.37. The molecule has 0 bridgehead atoms. The van der Waals surface area contributed by atoms with Gasteiger partial charge < -0.3 is 4.74 Å². The number of methoxy groups -OCH3 is 1. The highest BCUT2D eigenvalue weighted by molar-refractivity contribution is 9.10. The molecule has 1 heterocycles. The van der Waals surface area contributed by atoms with Crippen LogP contribution in [-0.2, 0) is 10.0 Å². The van der Waals surface area contributed by atoms with Crippen LogP contribution in [0.4, 0.5) is 0 Å². The van der Waals surface area contributed by atoms with Crippen molar-refractivity contribution >= 4 is 26.0 Å². The van der Waals surface area contributed by atoms with E-state index < -0.39 is 10.0 Å². The predicted molar refractivity (Wildman–Crippen MR) is 82.4 cm³/mol. The molecule has 6 heteroatoms. The molecule has 1 fully saturated rings. The van der Waals surface area contributed by atoms with E-state index in [1.165, 1.54) is 7.11 Å². The average molecular weight is 362 g/mol. The zero-order chi connectivity index (χ0) is 14.9. The molecule has 0 amide bonds. The van der Waals surface area contributed by atoms with Gasteiger partial charge in [0.2, 0.25) is 10.0 Å². The number of hydrogen-bond donors (Lipinski definition) is 0. The number of halogens is 1. The molecule has 0 aromatic heterocycles. The minimum Gasteiger partial charge on any atom is -0.495 e. The van der Waals surface area contributed by atoms with Crippen molar-refractivity contribution in [3.63, 3.8) is 0 Å². The molecule has 0 unspecified atom stereocenters. The van der Waals surface area contributed by atoms with Gasteiger partial charge in [-0.1, -0.05) is 29.8 Å². The smallest absolute Gasteiger partial charge is 0.246 e. The van der Waals surface area contributed by atoms with Gasteiger partial charge >= 0.3 is 0 Å². The first kappa shape index (κ1) is 15.8. The Morgan fingerprint density at radius 3 is 2.40 bits per heavy atom. The van der Waals surface area contributed by atoms with Crippen molar-refractivity contribution in [3.8, 4) is 5.75 Å². The lowest BCUT2D eigenvalue weighted by atomic mass is 9.94. The number of sulfonamides is 1. The minimum atomic E-state index is -3.51. The van der Waals surface area contributed by atoms with Crippen molar-refractivity contribution in [3.05, 3.63) is 22.7 Å². The summed E-state index contributed by atoms with van der Waals surface area (Å²) in [5.41, 5.74) is 0. The molecule has 1 saturated heterocycles. The fourth-order valence-electron chi connectivity index (χ4n) is 2.79. The summed E-state index contributed by atoms with van der Waals surface area (Å²) in [7, 11) is -2.02. The van der Waals surface area contributed by atoms with Crippen LogP contribution in [0.1, 0.15) is 20.3 Å². The second kappa shape index (κ2) is 6.03. The third-order valence-electron chi connectivity index (χ3n) is 3.58. The van der Waals surface area contributed by atoms with E-state index in [9.17, 15) is 8.42 Å². The van der Waals surface area contributed by atoms with Gasteiger partial charge in [-0.3, -0.25) is 0 Å². The van der Waals surface area contributed by atoms with E-state index >= 15 is 0 Å². The molecule has 2 rings (SSSR count). The molecule has 4 nitrogen and oxygen atoms in total. The first-order valence-corrected chi connectivity index (χ1v) is 8.91. The summed E-state index contributed by atoms with van der Waals surface area (Å²) in [5.74, 6) is 1.15. The van der Waals surface area contributed by atoms with Crippen LogP contribution in [0, 0.1) is 11.8 Å². The van der Waals surface area contributed by atoms with Crippen LogP contribution >= 0.6 is 15.9 Å². The van der Waals surface area contributed by atoms with Gasteiger partial charge in [-0.25, -0.2) is 8.42 Å². The Bertz CT molecular complexity index is 578. The molecular formula is C14H20BrNO3S. The number of rotatable bonds is 3. The quantitative estimate of drug-likeness (QED) is 0.830. The van der Waals surface area contributed by atoms with Crippen LogP contribution in [0.3, 0.4) is 0 Å². The Labute approximate surface area is 129 Å². The van der Waals surface area contributed by atoms with Crippen LogP contribution in [0.25, 0.3) is 0 Å². The van der Waals surface area contributed by atoms with E-state index in [2.05, 4.69) is 29.8 Å². The monoisotopic (exact) mass is 361 g/mol. The molecule has 0 N–H and O–H groups in total. The van der Waals surface area contributed by atoms with E-state index in [0.717, 1.165) is 10.9 Å². The van der Waals surface area contributed by atoms with Crippen LogP contribution < -0.4 is 4.74 Å². The predicted octanol–water partition coefficient (Wildman–Crippen LogP) is 3.12. The van der Waals surface area contributed by atoms with Crippen molar-refractivity contribution in [2.75, 3.05) is 20.2 Å². The molecule has 1 aliphatic heterocycles. The topological polar surface area (TPSA) is 46.6 Å². The number of nitrogens with zero attached hydrogens (tertiary/aromatic N) is 1. The molecule has 2 atom stereocenters. The van der Waals surface area contributed by atoms with Crippen LogP contribution in [0.5, 0.6) is 5.75 Å². The molecular weight excluding hydrogens is 342 g/mol. The SMILES string of the molecule is COc1ccc(Br)cc1S(=O)(=O)N1C[C@H](C)C[C@@H](C)C1. The number of piperidine rings is 1. The summed E-state index contributed by atoms with van der Waals surface area (Å²) in [6.45, 7) is 5.33. The van der Waals surface area contributed by atoms with Gasteiger partial charge in [0.1, 0.15) is 10.6 Å². The number of benzene rings is 1. The summed E-state index contributed by atoms with van der Waals surface area (Å²) < 4.78 is 33.2. The lowest BCUT2D eigenvalue weighted by Crippen LogP contribution is -2.42. The van der Waals surface area contributed by atoms with E-state index in [4.69, 9.17) is 4.74 Å². The molecule has 0 radical (unpaired) electrons. The molecule has 0 saturated carbocycles. The van der Waals surface area contributed by atoms with Gasteiger partial charge in [-0.15, -0.1) is 0 Å². The van der Waals surface area contributed by atoms with Gasteiger partial charge in [0.25, 0.3) is 0 Å². The Morgan fingerprint density at radius 2 is 1.85 bits per heavy atom. The third kappa shape index (κ3) is 3.18. The van der Waals surface area contributed by atoms with Crippen molar-refractivity contribution in [2.24, 2.45) is 11.8 Å². The highest BCUT2D eigenvalue weighted by Crippen LogP contribution is 2.32. The zero-order valence-corrected chi connectivity index (χ0v) is 14.4. The van der Waals surface area contributed by atoms with Gasteiger partial charge in [-0.05, 0) is 36.5 Å². The largest absolute Gasteiger partial charge is 0.495 e. The van der Waals surface area contributed by atoms with E-state index in [1.807, 2.05) is 0 Å². The van der Waals surface area contributed by atoms with Gasteiger partial charge in [0, 0.05) is 17.6 Å². The highest BCUT2D eigenvalue weighted by atomic mass is 79.9. The Kier molecular flexibility index (Phi) is 4.76. The third-order valence-corrected chi connectivity index (χ3v) is 5.92. The molecule has 1 aliphatic rings. The molecule has 20 heavy (non-hydrogen) atoms. The zero-order valence-electron chi connectivity index (χ0n) is 12.0. The maximum absolute atomic E-state index is 12.8. The van der Waals surface area contributed by atoms with Crippen LogP contribution in [0.2, 0.25) is 0 Å². The second-order valence-corrected chi connectivity index (χ2v) is 8.39. The second-order valence-electron chi connectivity index (χ2n) is 5.56. The minimum absolute atomic E-state index is 0.232. The van der Waals surface area contributed by atoms with Gasteiger partial charge in [-0.2, -0.15) is 4.31 Å². The summed E-state index contributed by atoms with van der Waals surface area (Å²) in [6, 6.07) is 5.06. The van der Waals surface area contributed by atoms with E-state index in [1.54, 1.807) is 22.5 Å². The lowest BCUT2D eigenvalue weighted by Gasteiger charge is -2.34. The van der Waals surface area contributed by atoms with E-state index in [0.29, 0.717) is 30.7 Å².